The molecule has 4 rings (SSSR count). The molecule has 0 bridgehead atoms. The Balaban J connectivity index is 1.50. The highest BCUT2D eigenvalue weighted by Crippen LogP contribution is 2.28. The van der Waals surface area contributed by atoms with Gasteiger partial charge in [0.05, 0.1) is 17.1 Å². The smallest absolute Gasteiger partial charge is 0.325 e. The molecular weight excluding hydrogens is 394 g/mol. The Hall–Kier alpha value is -3.68. The Morgan fingerprint density at radius 3 is 2.45 bits per heavy atom. The second-order valence-corrected chi connectivity index (χ2v) is 8.24. The Bertz CT molecular complexity index is 1110. The summed E-state index contributed by atoms with van der Waals surface area (Å²) in [4.78, 5) is 47.1. The summed E-state index contributed by atoms with van der Waals surface area (Å²) in [5, 5.41) is 5.64. The zero-order chi connectivity index (χ0) is 22.2. The maximum atomic E-state index is 13.0. The van der Waals surface area contributed by atoms with Gasteiger partial charge in [0.25, 0.3) is 5.91 Å². The van der Waals surface area contributed by atoms with Crippen molar-refractivity contribution in [3.8, 4) is 0 Å². The number of aromatic nitrogens is 2. The third-order valence-corrected chi connectivity index (χ3v) is 5.61. The second kappa shape index (κ2) is 7.86. The number of nitrogens with one attached hydrogen (secondary N) is 3. The number of fused-ring (bicyclic) bond motifs is 1. The van der Waals surface area contributed by atoms with Gasteiger partial charge < -0.3 is 15.6 Å². The first-order valence-corrected chi connectivity index (χ1v) is 10.2. The van der Waals surface area contributed by atoms with E-state index in [2.05, 4.69) is 20.6 Å². The molecule has 1 fully saturated rings. The predicted octanol–water partition coefficient (Wildman–Crippen LogP) is 2.84. The van der Waals surface area contributed by atoms with Crippen molar-refractivity contribution in [2.75, 3.05) is 6.54 Å². The molecule has 2 atom stereocenters. The lowest BCUT2D eigenvalue weighted by Crippen LogP contribution is -2.44. The summed E-state index contributed by atoms with van der Waals surface area (Å²) >= 11 is 0. The van der Waals surface area contributed by atoms with E-state index in [9.17, 15) is 14.4 Å². The van der Waals surface area contributed by atoms with Crippen LogP contribution in [0.2, 0.25) is 0 Å². The number of hydrogen-bond acceptors (Lipinski definition) is 4. The second-order valence-electron chi connectivity index (χ2n) is 8.24. The minimum atomic E-state index is -1.20. The SMILES string of the molecule is CC(C)[C@H](NC(=O)CN1C(=O)N[C@@](C)(c2ccccc2)C1=O)c1nc2ccccc2[nH]1. The number of amides is 4. The van der Waals surface area contributed by atoms with E-state index >= 15 is 0 Å². The highest BCUT2D eigenvalue weighted by molar-refractivity contribution is 6.09. The summed E-state index contributed by atoms with van der Waals surface area (Å²) in [5.41, 5.74) is 1.16. The fourth-order valence-corrected chi connectivity index (χ4v) is 3.84. The summed E-state index contributed by atoms with van der Waals surface area (Å²) in [6.45, 7) is 5.22. The number of benzene rings is 2. The van der Waals surface area contributed by atoms with Gasteiger partial charge in [0.2, 0.25) is 5.91 Å². The number of hydrogen-bond donors (Lipinski definition) is 3. The number of nitrogens with zero attached hydrogens (tertiary/aromatic N) is 2. The zero-order valence-corrected chi connectivity index (χ0v) is 17.7. The highest BCUT2D eigenvalue weighted by atomic mass is 16.2. The van der Waals surface area contributed by atoms with Crippen LogP contribution in [0.4, 0.5) is 4.79 Å². The van der Waals surface area contributed by atoms with Crippen LogP contribution in [0.3, 0.4) is 0 Å². The van der Waals surface area contributed by atoms with Crippen LogP contribution in [0.25, 0.3) is 11.0 Å². The number of imide groups is 1. The van der Waals surface area contributed by atoms with Gasteiger partial charge in [-0.2, -0.15) is 0 Å². The topological polar surface area (TPSA) is 107 Å². The van der Waals surface area contributed by atoms with Crippen molar-refractivity contribution in [1.82, 2.24) is 25.5 Å². The van der Waals surface area contributed by atoms with Crippen molar-refractivity contribution in [2.45, 2.75) is 32.4 Å². The summed E-state index contributed by atoms with van der Waals surface area (Å²) in [7, 11) is 0. The van der Waals surface area contributed by atoms with Crippen LogP contribution >= 0.6 is 0 Å². The van der Waals surface area contributed by atoms with E-state index in [0.717, 1.165) is 15.9 Å². The van der Waals surface area contributed by atoms with Crippen molar-refractivity contribution in [2.24, 2.45) is 5.92 Å². The molecule has 0 aliphatic carbocycles. The van der Waals surface area contributed by atoms with E-state index in [4.69, 9.17) is 0 Å². The number of carbonyl (C=O) groups is 3. The number of imidazole rings is 1. The van der Waals surface area contributed by atoms with Gasteiger partial charge in [0.15, 0.2) is 0 Å². The fourth-order valence-electron chi connectivity index (χ4n) is 3.84. The molecule has 1 saturated heterocycles. The van der Waals surface area contributed by atoms with Gasteiger partial charge in [0.1, 0.15) is 17.9 Å². The molecule has 31 heavy (non-hydrogen) atoms. The van der Waals surface area contributed by atoms with E-state index in [-0.39, 0.29) is 18.5 Å². The Labute approximate surface area is 180 Å². The molecule has 2 aromatic carbocycles. The van der Waals surface area contributed by atoms with Crippen molar-refractivity contribution < 1.29 is 14.4 Å². The summed E-state index contributed by atoms with van der Waals surface area (Å²) in [6, 6.07) is 15.6. The van der Waals surface area contributed by atoms with E-state index < -0.39 is 23.4 Å². The van der Waals surface area contributed by atoms with Crippen LogP contribution in [-0.2, 0) is 15.1 Å². The molecule has 160 valence electrons. The van der Waals surface area contributed by atoms with Crippen molar-refractivity contribution in [1.29, 1.82) is 0 Å². The Morgan fingerprint density at radius 2 is 1.77 bits per heavy atom. The summed E-state index contributed by atoms with van der Waals surface area (Å²) in [5.74, 6) is -0.207. The van der Waals surface area contributed by atoms with Crippen LogP contribution < -0.4 is 10.6 Å². The minimum absolute atomic E-state index is 0.0437. The number of H-pyrrole nitrogens is 1. The standard InChI is InChI=1S/C23H25N5O3/c1-14(2)19(20-24-16-11-7-8-12-17(16)25-20)26-18(29)13-28-21(30)23(3,27-22(28)31)15-9-5-4-6-10-15/h4-12,14,19H,13H2,1-3H3,(H,24,25)(H,26,29)(H,27,31)/t19-,23-/m0/s1. The van der Waals surface area contributed by atoms with Crippen LogP contribution in [0.1, 0.15) is 38.2 Å². The lowest BCUT2D eigenvalue weighted by atomic mass is 9.92. The third kappa shape index (κ3) is 3.76. The quantitative estimate of drug-likeness (QED) is 0.534. The molecular formula is C23H25N5O3. The Kier molecular flexibility index (Phi) is 5.22. The first kappa shape index (κ1) is 20.6. The lowest BCUT2D eigenvalue weighted by molar-refractivity contribution is -0.135. The minimum Gasteiger partial charge on any atom is -0.344 e. The first-order valence-electron chi connectivity index (χ1n) is 10.2. The molecule has 0 spiro atoms. The summed E-state index contributed by atoms with van der Waals surface area (Å²) < 4.78 is 0. The van der Waals surface area contributed by atoms with Gasteiger partial charge in [0, 0.05) is 0 Å². The fraction of sp³-hybridized carbons (Fsp3) is 0.304. The molecule has 1 aliphatic rings. The van der Waals surface area contributed by atoms with Gasteiger partial charge in [-0.3, -0.25) is 14.5 Å². The molecule has 2 heterocycles. The van der Waals surface area contributed by atoms with Crippen molar-refractivity contribution in [3.05, 3.63) is 66.0 Å². The van der Waals surface area contributed by atoms with Crippen LogP contribution in [0.15, 0.2) is 54.6 Å². The highest BCUT2D eigenvalue weighted by Gasteiger charge is 2.49. The normalized spacial score (nSPS) is 19.7. The molecule has 1 aromatic heterocycles. The average Bonchev–Trinajstić information content (AvgIpc) is 3.27. The van der Waals surface area contributed by atoms with Crippen LogP contribution in [0.5, 0.6) is 0 Å². The van der Waals surface area contributed by atoms with Gasteiger partial charge in [-0.15, -0.1) is 0 Å². The first-order chi connectivity index (χ1) is 14.8. The monoisotopic (exact) mass is 419 g/mol. The Morgan fingerprint density at radius 1 is 1.10 bits per heavy atom. The van der Waals surface area contributed by atoms with E-state index in [1.165, 1.54) is 0 Å². The molecule has 4 amide bonds. The summed E-state index contributed by atoms with van der Waals surface area (Å²) in [6.07, 6.45) is 0. The zero-order valence-electron chi connectivity index (χ0n) is 17.7. The number of carbonyl (C=O) groups excluding carboxylic acids is 3. The largest absolute Gasteiger partial charge is 0.344 e. The van der Waals surface area contributed by atoms with Crippen LogP contribution in [-0.4, -0.2) is 39.3 Å². The molecule has 1 aliphatic heterocycles. The average molecular weight is 419 g/mol. The molecule has 0 unspecified atom stereocenters. The lowest BCUT2D eigenvalue weighted by Gasteiger charge is -2.23. The molecule has 3 aromatic rings. The molecule has 0 radical (unpaired) electrons. The van der Waals surface area contributed by atoms with Crippen molar-refractivity contribution >= 4 is 28.9 Å². The third-order valence-electron chi connectivity index (χ3n) is 5.61. The van der Waals surface area contributed by atoms with Gasteiger partial charge in [-0.05, 0) is 30.5 Å². The van der Waals surface area contributed by atoms with Gasteiger partial charge in [-0.1, -0.05) is 56.3 Å². The molecule has 8 nitrogen and oxygen atoms in total. The molecule has 8 heteroatoms. The van der Waals surface area contributed by atoms with Gasteiger partial charge in [-0.25, -0.2) is 9.78 Å². The number of rotatable bonds is 6. The van der Waals surface area contributed by atoms with E-state index in [1.54, 1.807) is 31.2 Å². The maximum absolute atomic E-state index is 13.0. The van der Waals surface area contributed by atoms with Crippen LogP contribution in [0, 0.1) is 5.92 Å². The molecule has 0 saturated carbocycles. The van der Waals surface area contributed by atoms with Gasteiger partial charge >= 0.3 is 6.03 Å². The number of aromatic amines is 1. The molecule has 3 N–H and O–H groups in total. The van der Waals surface area contributed by atoms with E-state index in [1.807, 2.05) is 44.2 Å². The number of para-hydroxylation sites is 2. The maximum Gasteiger partial charge on any atom is 0.325 e. The van der Waals surface area contributed by atoms with Crippen molar-refractivity contribution in [3.63, 3.8) is 0 Å². The van der Waals surface area contributed by atoms with E-state index in [0.29, 0.717) is 11.4 Å². The number of urea groups is 1. The predicted molar refractivity (Wildman–Crippen MR) is 116 cm³/mol.